The second kappa shape index (κ2) is 6.13. The van der Waals surface area contributed by atoms with Crippen LogP contribution in [0.2, 0.25) is 0 Å². The van der Waals surface area contributed by atoms with Gasteiger partial charge in [0.1, 0.15) is 0 Å². The summed E-state index contributed by atoms with van der Waals surface area (Å²) in [5.41, 5.74) is -3.50. The minimum atomic E-state index is -4.27. The monoisotopic (exact) mass is 277 g/mol. The molecule has 1 N–H and O–H groups in total. The minimum Gasteiger partial charge on any atom is -0.352 e. The number of hydrogen-bond acceptors (Lipinski definition) is 2. The summed E-state index contributed by atoms with van der Waals surface area (Å²) in [6.45, 7) is 3.88. The highest BCUT2D eigenvalue weighted by molar-refractivity contribution is 8.00. The molecule has 0 saturated carbocycles. The lowest BCUT2D eigenvalue weighted by Gasteiger charge is -2.09. The summed E-state index contributed by atoms with van der Waals surface area (Å²) in [6.07, 6.45) is 0. The maximum atomic E-state index is 12.1. The normalized spacial score (nSPS) is 11.7. The molecule has 1 rings (SSSR count). The SMILES string of the molecule is CC(C)C(=O)NCc1ccc(SC(F)(F)F)cc1. The van der Waals surface area contributed by atoms with E-state index in [0.29, 0.717) is 6.54 Å². The zero-order valence-corrected chi connectivity index (χ0v) is 10.9. The number of carbonyl (C=O) groups is 1. The number of benzene rings is 1. The second-order valence-corrected chi connectivity index (χ2v) is 5.20. The fourth-order valence-electron chi connectivity index (χ4n) is 1.20. The molecule has 0 radical (unpaired) electrons. The van der Waals surface area contributed by atoms with Gasteiger partial charge in [-0.25, -0.2) is 0 Å². The van der Waals surface area contributed by atoms with Crippen molar-refractivity contribution in [3.63, 3.8) is 0 Å². The van der Waals surface area contributed by atoms with E-state index in [1.165, 1.54) is 12.1 Å². The fourth-order valence-corrected chi connectivity index (χ4v) is 1.74. The van der Waals surface area contributed by atoms with Gasteiger partial charge < -0.3 is 5.32 Å². The number of alkyl halides is 3. The van der Waals surface area contributed by atoms with E-state index < -0.39 is 5.51 Å². The third-order valence-electron chi connectivity index (χ3n) is 2.15. The van der Waals surface area contributed by atoms with Gasteiger partial charge in [-0.1, -0.05) is 26.0 Å². The van der Waals surface area contributed by atoms with Crippen molar-refractivity contribution in [2.24, 2.45) is 5.92 Å². The molecule has 0 atom stereocenters. The highest BCUT2D eigenvalue weighted by Gasteiger charge is 2.28. The highest BCUT2D eigenvalue weighted by Crippen LogP contribution is 2.36. The zero-order chi connectivity index (χ0) is 13.8. The van der Waals surface area contributed by atoms with E-state index in [4.69, 9.17) is 0 Å². The molecular formula is C12H14F3NOS. The van der Waals surface area contributed by atoms with Gasteiger partial charge in [0.2, 0.25) is 5.91 Å². The third kappa shape index (κ3) is 5.44. The number of rotatable bonds is 4. The van der Waals surface area contributed by atoms with Crippen LogP contribution in [0.1, 0.15) is 19.4 Å². The second-order valence-electron chi connectivity index (χ2n) is 4.06. The molecule has 2 nitrogen and oxygen atoms in total. The Morgan fingerprint density at radius 1 is 1.28 bits per heavy atom. The molecular weight excluding hydrogens is 263 g/mol. The molecule has 0 unspecified atom stereocenters. The maximum Gasteiger partial charge on any atom is 0.446 e. The predicted molar refractivity (Wildman–Crippen MR) is 65.0 cm³/mol. The molecule has 0 heterocycles. The van der Waals surface area contributed by atoms with Gasteiger partial charge in [0, 0.05) is 17.4 Å². The van der Waals surface area contributed by atoms with E-state index in [2.05, 4.69) is 5.32 Å². The van der Waals surface area contributed by atoms with Crippen LogP contribution in [-0.2, 0) is 11.3 Å². The van der Waals surface area contributed by atoms with Gasteiger partial charge in [-0.05, 0) is 29.5 Å². The third-order valence-corrected chi connectivity index (χ3v) is 2.89. The molecule has 0 aliphatic carbocycles. The van der Waals surface area contributed by atoms with Gasteiger partial charge in [-0.3, -0.25) is 4.79 Å². The summed E-state index contributed by atoms with van der Waals surface area (Å²) in [5.74, 6) is -0.186. The summed E-state index contributed by atoms with van der Waals surface area (Å²) in [4.78, 5) is 11.4. The molecule has 1 amide bonds. The fraction of sp³-hybridized carbons (Fsp3) is 0.417. The Labute approximate surface area is 108 Å². The first-order valence-corrected chi connectivity index (χ1v) is 6.22. The predicted octanol–water partition coefficient (Wildman–Crippen LogP) is 3.57. The van der Waals surface area contributed by atoms with Gasteiger partial charge in [-0.2, -0.15) is 13.2 Å². The van der Waals surface area contributed by atoms with E-state index in [0.717, 1.165) is 5.56 Å². The number of hydrogen-bond donors (Lipinski definition) is 1. The molecule has 1 aromatic rings. The van der Waals surface area contributed by atoms with Crippen LogP contribution in [0.5, 0.6) is 0 Å². The van der Waals surface area contributed by atoms with Crippen LogP contribution >= 0.6 is 11.8 Å². The Morgan fingerprint density at radius 2 is 1.83 bits per heavy atom. The average molecular weight is 277 g/mol. The molecule has 0 fully saturated rings. The van der Waals surface area contributed by atoms with E-state index in [-0.39, 0.29) is 28.5 Å². The van der Waals surface area contributed by atoms with Gasteiger partial charge in [0.15, 0.2) is 0 Å². The molecule has 0 aliphatic rings. The summed E-state index contributed by atoms with van der Waals surface area (Å²) in [7, 11) is 0. The summed E-state index contributed by atoms with van der Waals surface area (Å²) < 4.78 is 36.3. The van der Waals surface area contributed by atoms with Crippen LogP contribution < -0.4 is 5.32 Å². The van der Waals surface area contributed by atoms with Crippen LogP contribution in [0.25, 0.3) is 0 Å². The number of nitrogens with one attached hydrogen (secondary N) is 1. The lowest BCUT2D eigenvalue weighted by Crippen LogP contribution is -2.27. The quantitative estimate of drug-likeness (QED) is 0.852. The van der Waals surface area contributed by atoms with Crippen molar-refractivity contribution in [1.29, 1.82) is 0 Å². The largest absolute Gasteiger partial charge is 0.446 e. The van der Waals surface area contributed by atoms with E-state index >= 15 is 0 Å². The molecule has 0 aliphatic heterocycles. The lowest BCUT2D eigenvalue weighted by atomic mass is 10.2. The van der Waals surface area contributed by atoms with Gasteiger partial charge in [0.25, 0.3) is 0 Å². The molecule has 0 saturated heterocycles. The van der Waals surface area contributed by atoms with Gasteiger partial charge >= 0.3 is 5.51 Å². The van der Waals surface area contributed by atoms with Crippen LogP contribution in [0.3, 0.4) is 0 Å². The molecule has 18 heavy (non-hydrogen) atoms. The van der Waals surface area contributed by atoms with Crippen molar-refractivity contribution in [3.8, 4) is 0 Å². The highest BCUT2D eigenvalue weighted by atomic mass is 32.2. The number of thioether (sulfide) groups is 1. The number of halogens is 3. The van der Waals surface area contributed by atoms with Crippen LogP contribution in [0, 0.1) is 5.92 Å². The first kappa shape index (κ1) is 14.9. The van der Waals surface area contributed by atoms with Gasteiger partial charge in [0.05, 0.1) is 0 Å². The molecule has 1 aromatic carbocycles. The summed E-state index contributed by atoms with van der Waals surface area (Å²) in [6, 6.07) is 5.95. The van der Waals surface area contributed by atoms with Crippen LogP contribution in [0.15, 0.2) is 29.2 Å². The molecule has 0 spiro atoms. The van der Waals surface area contributed by atoms with E-state index in [1.807, 2.05) is 0 Å². The average Bonchev–Trinajstić information content (AvgIpc) is 2.25. The smallest absolute Gasteiger partial charge is 0.352 e. The number of amides is 1. The Hall–Kier alpha value is -1.17. The van der Waals surface area contributed by atoms with Crippen molar-refractivity contribution < 1.29 is 18.0 Å². The van der Waals surface area contributed by atoms with E-state index in [1.54, 1.807) is 26.0 Å². The van der Waals surface area contributed by atoms with Crippen molar-refractivity contribution in [1.82, 2.24) is 5.32 Å². The lowest BCUT2D eigenvalue weighted by molar-refractivity contribution is -0.124. The molecule has 100 valence electrons. The van der Waals surface area contributed by atoms with Crippen molar-refractivity contribution in [2.75, 3.05) is 0 Å². The van der Waals surface area contributed by atoms with Crippen molar-refractivity contribution in [2.45, 2.75) is 30.8 Å². The van der Waals surface area contributed by atoms with Crippen LogP contribution in [0.4, 0.5) is 13.2 Å². The first-order valence-electron chi connectivity index (χ1n) is 5.40. The van der Waals surface area contributed by atoms with Crippen molar-refractivity contribution >= 4 is 17.7 Å². The standard InChI is InChI=1S/C12H14F3NOS/c1-8(2)11(17)16-7-9-3-5-10(6-4-9)18-12(13,14)15/h3-6,8H,7H2,1-2H3,(H,16,17). The molecule has 0 bridgehead atoms. The first-order chi connectivity index (χ1) is 8.28. The Kier molecular flexibility index (Phi) is 5.07. The number of carbonyl (C=O) groups excluding carboxylic acids is 1. The summed E-state index contributed by atoms with van der Waals surface area (Å²) >= 11 is -0.149. The topological polar surface area (TPSA) is 29.1 Å². The Bertz CT molecular complexity index is 401. The van der Waals surface area contributed by atoms with E-state index in [9.17, 15) is 18.0 Å². The van der Waals surface area contributed by atoms with Crippen molar-refractivity contribution in [3.05, 3.63) is 29.8 Å². The minimum absolute atomic E-state index is 0.0799. The van der Waals surface area contributed by atoms with Crippen LogP contribution in [-0.4, -0.2) is 11.4 Å². The summed E-state index contributed by atoms with van der Waals surface area (Å²) in [5, 5.41) is 2.70. The molecule has 0 aromatic heterocycles. The van der Waals surface area contributed by atoms with Gasteiger partial charge in [-0.15, -0.1) is 0 Å². The Morgan fingerprint density at radius 3 is 2.28 bits per heavy atom. The molecule has 6 heteroatoms. The zero-order valence-electron chi connectivity index (χ0n) is 10.0. The Balaban J connectivity index is 2.53. The maximum absolute atomic E-state index is 12.1.